The molecule has 4 nitrogen and oxygen atoms in total. The van der Waals surface area contributed by atoms with Crippen LogP contribution < -0.4 is 4.72 Å². The minimum absolute atomic E-state index is 0. The summed E-state index contributed by atoms with van der Waals surface area (Å²) in [5.74, 6) is 0. The van der Waals surface area contributed by atoms with Gasteiger partial charge in [0.05, 0.1) is 0 Å². The van der Waals surface area contributed by atoms with Gasteiger partial charge in [-0.15, -0.1) is 0 Å². The molecule has 0 amide bonds. The van der Waals surface area contributed by atoms with E-state index < -0.39 is 10.2 Å². The first kappa shape index (κ1) is 14.4. The molecule has 0 aliphatic heterocycles. The molecule has 0 unspecified atom stereocenters. The number of rotatable bonds is 4. The second-order valence-corrected chi connectivity index (χ2v) is 3.78. The largest absolute Gasteiger partial charge is 0.279 e. The van der Waals surface area contributed by atoms with Gasteiger partial charge >= 0.3 is 0 Å². The molecule has 63 valence electrons. The van der Waals surface area contributed by atoms with Crippen molar-refractivity contribution in [3.8, 4) is 0 Å². The van der Waals surface area contributed by atoms with E-state index in [9.17, 15) is 8.42 Å². The predicted octanol–water partition coefficient (Wildman–Crippen LogP) is -0.588. The first-order valence-corrected chi connectivity index (χ1v) is 4.69. The Kier molecular flexibility index (Phi) is 8.37. The molecule has 0 aliphatic carbocycles. The Morgan fingerprint density at radius 1 is 1.36 bits per heavy atom. The van der Waals surface area contributed by atoms with E-state index in [1.807, 2.05) is 0 Å². The molecular weight excluding hydrogens is 175 g/mol. The number of hydrogen-bond donors (Lipinski definition) is 1. The summed E-state index contributed by atoms with van der Waals surface area (Å²) in [6.45, 7) is 4.47. The van der Waals surface area contributed by atoms with E-state index in [0.717, 1.165) is 0 Å². The first-order chi connectivity index (χ1) is 4.54. The summed E-state index contributed by atoms with van der Waals surface area (Å²) >= 11 is 0. The van der Waals surface area contributed by atoms with Crippen LogP contribution in [0.5, 0.6) is 0 Å². The predicted molar refractivity (Wildman–Crippen MR) is 46.7 cm³/mol. The van der Waals surface area contributed by atoms with E-state index in [0.29, 0.717) is 13.1 Å². The third-order valence-corrected chi connectivity index (χ3v) is 2.91. The minimum atomic E-state index is -3.18. The molecule has 0 rings (SSSR count). The summed E-state index contributed by atoms with van der Waals surface area (Å²) in [4.78, 5) is 0. The fourth-order valence-corrected chi connectivity index (χ4v) is 1.39. The quantitative estimate of drug-likeness (QED) is 0.601. The van der Waals surface area contributed by atoms with Crippen LogP contribution >= 0.6 is 0 Å². The van der Waals surface area contributed by atoms with Gasteiger partial charge in [-0.3, -0.25) is 0 Å². The number of hydrogen-bond acceptors (Lipinski definition) is 2. The van der Waals surface area contributed by atoms with Crippen LogP contribution in [0.15, 0.2) is 0 Å². The zero-order chi connectivity index (χ0) is 8.20. The SMILES string of the molecule is CCNS(=O)(=O)N(C)CC.[Na]. The molecule has 0 aromatic heterocycles. The zero-order valence-corrected chi connectivity index (χ0v) is 10.4. The standard InChI is InChI=1S/C5H14N2O2S.Na/c1-4-6-10(8,9)7(3)5-2;/h6H,4-5H2,1-3H3;. The van der Waals surface area contributed by atoms with Gasteiger partial charge in [0.15, 0.2) is 0 Å². The molecule has 0 aromatic rings. The topological polar surface area (TPSA) is 49.4 Å². The second-order valence-electron chi connectivity index (χ2n) is 1.92. The average Bonchev–Trinajstić information content (AvgIpc) is 1.86. The molecule has 0 aromatic carbocycles. The molecule has 0 saturated carbocycles. The van der Waals surface area contributed by atoms with E-state index in [4.69, 9.17) is 0 Å². The molecule has 0 fully saturated rings. The van der Waals surface area contributed by atoms with Gasteiger partial charge in [0.25, 0.3) is 10.2 Å². The maximum atomic E-state index is 11.0. The minimum Gasteiger partial charge on any atom is -0.202 e. The summed E-state index contributed by atoms with van der Waals surface area (Å²) < 4.78 is 25.6. The van der Waals surface area contributed by atoms with Crippen molar-refractivity contribution in [3.63, 3.8) is 0 Å². The van der Waals surface area contributed by atoms with Crippen LogP contribution in [0.3, 0.4) is 0 Å². The van der Waals surface area contributed by atoms with Crippen molar-refractivity contribution in [2.45, 2.75) is 13.8 Å². The molecule has 0 spiro atoms. The van der Waals surface area contributed by atoms with Crippen LogP contribution in [-0.2, 0) is 10.2 Å². The number of nitrogens with one attached hydrogen (secondary N) is 1. The van der Waals surface area contributed by atoms with Crippen LogP contribution in [0, 0.1) is 0 Å². The Labute approximate surface area is 90.8 Å². The van der Waals surface area contributed by atoms with Gasteiger partial charge < -0.3 is 0 Å². The van der Waals surface area contributed by atoms with Crippen LogP contribution in [0.1, 0.15) is 13.8 Å². The number of nitrogens with zero attached hydrogens (tertiary/aromatic N) is 1. The van der Waals surface area contributed by atoms with Crippen molar-refractivity contribution in [3.05, 3.63) is 0 Å². The van der Waals surface area contributed by atoms with Crippen molar-refractivity contribution >= 4 is 39.8 Å². The van der Waals surface area contributed by atoms with Gasteiger partial charge in [-0.2, -0.15) is 12.7 Å². The van der Waals surface area contributed by atoms with Crippen LogP contribution in [0.4, 0.5) is 0 Å². The van der Waals surface area contributed by atoms with Crippen molar-refractivity contribution in [1.82, 2.24) is 9.03 Å². The van der Waals surface area contributed by atoms with Gasteiger partial charge in [-0.05, 0) is 0 Å². The Balaban J connectivity index is 0. The van der Waals surface area contributed by atoms with Crippen molar-refractivity contribution in [2.24, 2.45) is 0 Å². The zero-order valence-electron chi connectivity index (χ0n) is 7.59. The van der Waals surface area contributed by atoms with E-state index in [1.165, 1.54) is 11.4 Å². The summed E-state index contributed by atoms with van der Waals surface area (Å²) in [6.07, 6.45) is 0. The third-order valence-electron chi connectivity index (χ3n) is 1.18. The van der Waals surface area contributed by atoms with Gasteiger partial charge in [0.1, 0.15) is 0 Å². The van der Waals surface area contributed by atoms with Gasteiger partial charge in [0, 0.05) is 49.7 Å². The van der Waals surface area contributed by atoms with Crippen LogP contribution in [0.2, 0.25) is 0 Å². The molecule has 0 aliphatic rings. The van der Waals surface area contributed by atoms with E-state index >= 15 is 0 Å². The Hall–Kier alpha value is 0.870. The fraction of sp³-hybridized carbons (Fsp3) is 1.00. The molecule has 0 heterocycles. The van der Waals surface area contributed by atoms with Crippen LogP contribution in [-0.4, -0.2) is 62.4 Å². The van der Waals surface area contributed by atoms with Crippen molar-refractivity contribution in [1.29, 1.82) is 0 Å². The molecule has 1 N–H and O–H groups in total. The normalized spacial score (nSPS) is 11.3. The van der Waals surface area contributed by atoms with Crippen LogP contribution in [0.25, 0.3) is 0 Å². The maximum absolute atomic E-state index is 11.0. The smallest absolute Gasteiger partial charge is 0.202 e. The monoisotopic (exact) mass is 189 g/mol. The molecule has 6 heteroatoms. The summed E-state index contributed by atoms with van der Waals surface area (Å²) in [6, 6.07) is 0. The maximum Gasteiger partial charge on any atom is 0.279 e. The summed E-state index contributed by atoms with van der Waals surface area (Å²) in [7, 11) is -1.64. The Morgan fingerprint density at radius 2 is 1.82 bits per heavy atom. The molecule has 1 radical (unpaired) electrons. The van der Waals surface area contributed by atoms with Gasteiger partial charge in [-0.25, -0.2) is 4.72 Å². The summed E-state index contributed by atoms with van der Waals surface area (Å²) in [5.41, 5.74) is 0. The average molecular weight is 189 g/mol. The molecule has 0 bridgehead atoms. The molecule has 0 saturated heterocycles. The van der Waals surface area contributed by atoms with Gasteiger partial charge in [0.2, 0.25) is 0 Å². The fourth-order valence-electron chi connectivity index (χ4n) is 0.463. The summed E-state index contributed by atoms with van der Waals surface area (Å²) in [5, 5.41) is 0. The van der Waals surface area contributed by atoms with E-state index in [1.54, 1.807) is 13.8 Å². The molecule has 0 atom stereocenters. The Bertz CT molecular complexity index is 181. The Morgan fingerprint density at radius 3 is 2.09 bits per heavy atom. The second kappa shape index (κ2) is 6.39. The first-order valence-electron chi connectivity index (χ1n) is 3.25. The van der Waals surface area contributed by atoms with Crippen molar-refractivity contribution in [2.75, 3.05) is 20.1 Å². The van der Waals surface area contributed by atoms with Gasteiger partial charge in [-0.1, -0.05) is 13.8 Å². The third kappa shape index (κ3) is 5.16. The molecule has 11 heavy (non-hydrogen) atoms. The van der Waals surface area contributed by atoms with Crippen molar-refractivity contribution < 1.29 is 8.42 Å². The van der Waals surface area contributed by atoms with E-state index in [-0.39, 0.29) is 29.6 Å². The molecular formula is C5H14N2NaO2S. The van der Waals surface area contributed by atoms with E-state index in [2.05, 4.69) is 4.72 Å².